The van der Waals surface area contributed by atoms with Crippen LogP contribution in [0.3, 0.4) is 0 Å². The first kappa shape index (κ1) is 15.8. The van der Waals surface area contributed by atoms with E-state index in [1.165, 1.54) is 4.31 Å². The summed E-state index contributed by atoms with van der Waals surface area (Å²) in [4.78, 5) is 0.176. The van der Waals surface area contributed by atoms with E-state index in [0.717, 1.165) is 19.3 Å². The molecule has 1 aliphatic rings. The number of nitrogens with zero attached hydrogens (tertiary/aromatic N) is 1. The quantitative estimate of drug-likeness (QED) is 0.928. The van der Waals surface area contributed by atoms with Gasteiger partial charge in [-0.25, -0.2) is 8.42 Å². The lowest BCUT2D eigenvalue weighted by molar-refractivity contribution is 0.197. The Bertz CT molecular complexity index is 562. The van der Waals surface area contributed by atoms with Crippen LogP contribution in [0.4, 0.5) is 0 Å². The normalized spacial score (nSPS) is 24.8. The van der Waals surface area contributed by atoms with E-state index in [1.807, 2.05) is 0 Å². The molecule has 1 saturated heterocycles. The van der Waals surface area contributed by atoms with Crippen molar-refractivity contribution in [1.82, 2.24) is 4.31 Å². The van der Waals surface area contributed by atoms with E-state index in [0.29, 0.717) is 19.0 Å². The molecule has 1 aromatic carbocycles. The smallest absolute Gasteiger partial charge is 0.244 e. The van der Waals surface area contributed by atoms with E-state index < -0.39 is 10.0 Å². The van der Waals surface area contributed by atoms with Crippen LogP contribution >= 0.6 is 11.6 Å². The Kier molecular flexibility index (Phi) is 5.07. The van der Waals surface area contributed by atoms with Gasteiger partial charge in [-0.2, -0.15) is 4.31 Å². The van der Waals surface area contributed by atoms with E-state index in [4.69, 9.17) is 17.3 Å². The van der Waals surface area contributed by atoms with Gasteiger partial charge in [0.25, 0.3) is 0 Å². The van der Waals surface area contributed by atoms with Gasteiger partial charge in [-0.15, -0.1) is 0 Å². The molecule has 0 saturated carbocycles. The van der Waals surface area contributed by atoms with E-state index >= 15 is 0 Å². The van der Waals surface area contributed by atoms with Crippen LogP contribution in [0.1, 0.15) is 26.2 Å². The second-order valence-corrected chi connectivity index (χ2v) is 7.50. The molecule has 0 radical (unpaired) electrons. The molecule has 2 unspecified atom stereocenters. The summed E-state index contributed by atoms with van der Waals surface area (Å²) in [6.45, 7) is 3.00. The summed E-state index contributed by atoms with van der Waals surface area (Å²) >= 11 is 6.04. The van der Waals surface area contributed by atoms with Crippen LogP contribution in [0.2, 0.25) is 5.02 Å². The molecule has 0 spiro atoms. The van der Waals surface area contributed by atoms with E-state index in [1.54, 1.807) is 24.3 Å². The molecule has 1 aliphatic heterocycles. The minimum absolute atomic E-state index is 0.130. The van der Waals surface area contributed by atoms with Crippen molar-refractivity contribution in [2.75, 3.05) is 13.1 Å². The Morgan fingerprint density at radius 2 is 2.10 bits per heavy atom. The summed E-state index contributed by atoms with van der Waals surface area (Å²) in [5, 5.41) is 0.265. The maximum absolute atomic E-state index is 12.8. The Balaban J connectivity index is 2.32. The first-order valence-electron chi connectivity index (χ1n) is 6.97. The predicted molar refractivity (Wildman–Crippen MR) is 81.2 cm³/mol. The second-order valence-electron chi connectivity index (χ2n) is 5.23. The van der Waals surface area contributed by atoms with Gasteiger partial charge < -0.3 is 5.73 Å². The lowest BCUT2D eigenvalue weighted by Gasteiger charge is -2.37. The van der Waals surface area contributed by atoms with Crippen LogP contribution in [0.5, 0.6) is 0 Å². The Morgan fingerprint density at radius 3 is 2.70 bits per heavy atom. The number of nitrogens with two attached hydrogens (primary N) is 1. The van der Waals surface area contributed by atoms with Crippen molar-refractivity contribution in [1.29, 1.82) is 0 Å². The van der Waals surface area contributed by atoms with Crippen LogP contribution in [0.15, 0.2) is 29.2 Å². The van der Waals surface area contributed by atoms with Crippen molar-refractivity contribution in [3.8, 4) is 0 Å². The molecule has 0 aromatic heterocycles. The summed E-state index contributed by atoms with van der Waals surface area (Å²) in [5.74, 6) is 0.557. The van der Waals surface area contributed by atoms with Gasteiger partial charge in [0.05, 0.1) is 5.02 Å². The number of hydrogen-bond acceptors (Lipinski definition) is 3. The molecule has 1 aromatic rings. The number of halogens is 1. The third kappa shape index (κ3) is 3.01. The zero-order chi connectivity index (χ0) is 14.8. The van der Waals surface area contributed by atoms with Crippen molar-refractivity contribution in [2.45, 2.75) is 37.1 Å². The standard InChI is InChI=1S/C14H21ClN2O2S/c1-2-11-7-8-17(12(9-11)10-16)20(18,19)14-6-4-3-5-13(14)15/h3-6,11-12H,2,7-10,16H2,1H3. The molecular formula is C14H21ClN2O2S. The van der Waals surface area contributed by atoms with Gasteiger partial charge in [0.1, 0.15) is 4.90 Å². The highest BCUT2D eigenvalue weighted by Crippen LogP contribution is 2.32. The fourth-order valence-corrected chi connectivity index (χ4v) is 4.95. The third-order valence-corrected chi connectivity index (χ3v) is 6.49. The topological polar surface area (TPSA) is 63.4 Å². The average molecular weight is 317 g/mol. The number of hydrogen-bond donors (Lipinski definition) is 1. The lowest BCUT2D eigenvalue weighted by atomic mass is 9.90. The van der Waals surface area contributed by atoms with E-state index in [9.17, 15) is 8.42 Å². The number of sulfonamides is 1. The maximum Gasteiger partial charge on any atom is 0.244 e. The fraction of sp³-hybridized carbons (Fsp3) is 0.571. The van der Waals surface area contributed by atoms with Crippen molar-refractivity contribution in [2.24, 2.45) is 11.7 Å². The van der Waals surface area contributed by atoms with E-state index in [2.05, 4.69) is 6.92 Å². The van der Waals surface area contributed by atoms with Gasteiger partial charge in [0, 0.05) is 19.1 Å². The summed E-state index contributed by atoms with van der Waals surface area (Å²) in [5.41, 5.74) is 5.78. The Labute approximate surface area is 126 Å². The summed E-state index contributed by atoms with van der Waals surface area (Å²) in [6, 6.07) is 6.44. The Morgan fingerprint density at radius 1 is 1.40 bits per heavy atom. The van der Waals surface area contributed by atoms with Crippen LogP contribution in [0.25, 0.3) is 0 Å². The van der Waals surface area contributed by atoms with Gasteiger partial charge >= 0.3 is 0 Å². The van der Waals surface area contributed by atoms with Gasteiger partial charge in [-0.1, -0.05) is 37.1 Å². The number of piperidine rings is 1. The molecule has 2 atom stereocenters. The molecule has 0 amide bonds. The SMILES string of the molecule is CCC1CCN(S(=O)(=O)c2ccccc2Cl)C(CN)C1. The first-order valence-corrected chi connectivity index (χ1v) is 8.79. The molecule has 6 heteroatoms. The maximum atomic E-state index is 12.8. The highest BCUT2D eigenvalue weighted by molar-refractivity contribution is 7.89. The third-order valence-electron chi connectivity index (χ3n) is 4.04. The zero-order valence-corrected chi connectivity index (χ0v) is 13.2. The minimum atomic E-state index is -3.56. The Hall–Kier alpha value is -0.620. The molecule has 2 rings (SSSR count). The summed E-state index contributed by atoms with van der Waals surface area (Å²) < 4.78 is 27.0. The number of rotatable bonds is 4. The zero-order valence-electron chi connectivity index (χ0n) is 11.6. The molecule has 4 nitrogen and oxygen atoms in total. The van der Waals surface area contributed by atoms with Crippen LogP contribution in [-0.4, -0.2) is 31.9 Å². The van der Waals surface area contributed by atoms with Gasteiger partial charge in [0.15, 0.2) is 0 Å². The van der Waals surface area contributed by atoms with Gasteiger partial charge in [-0.3, -0.25) is 0 Å². The second kappa shape index (κ2) is 6.43. The van der Waals surface area contributed by atoms with Gasteiger partial charge in [-0.05, 0) is 30.9 Å². The predicted octanol–water partition coefficient (Wildman–Crippen LogP) is 2.48. The molecule has 0 bridgehead atoms. The highest BCUT2D eigenvalue weighted by Gasteiger charge is 2.36. The first-order chi connectivity index (χ1) is 9.50. The molecule has 2 N–H and O–H groups in total. The molecule has 0 aliphatic carbocycles. The molecular weight excluding hydrogens is 296 g/mol. The highest BCUT2D eigenvalue weighted by atomic mass is 35.5. The van der Waals surface area contributed by atoms with Crippen molar-refractivity contribution < 1.29 is 8.42 Å². The monoisotopic (exact) mass is 316 g/mol. The van der Waals surface area contributed by atoms with Crippen molar-refractivity contribution in [3.63, 3.8) is 0 Å². The molecule has 1 heterocycles. The largest absolute Gasteiger partial charge is 0.329 e. The molecule has 20 heavy (non-hydrogen) atoms. The van der Waals surface area contributed by atoms with Gasteiger partial charge in [0.2, 0.25) is 10.0 Å². The average Bonchev–Trinajstić information content (AvgIpc) is 2.46. The van der Waals surface area contributed by atoms with Crippen LogP contribution < -0.4 is 5.73 Å². The lowest BCUT2D eigenvalue weighted by Crippen LogP contribution is -2.49. The van der Waals surface area contributed by atoms with E-state index in [-0.39, 0.29) is 16.0 Å². The van der Waals surface area contributed by atoms with Crippen LogP contribution in [0, 0.1) is 5.92 Å². The van der Waals surface area contributed by atoms with Crippen molar-refractivity contribution >= 4 is 21.6 Å². The fourth-order valence-electron chi connectivity index (χ4n) is 2.79. The van der Waals surface area contributed by atoms with Crippen molar-refractivity contribution in [3.05, 3.63) is 29.3 Å². The molecule has 1 fully saturated rings. The summed E-state index contributed by atoms with van der Waals surface area (Å²) in [7, 11) is -3.56. The summed E-state index contributed by atoms with van der Waals surface area (Å²) in [6.07, 6.45) is 2.78. The minimum Gasteiger partial charge on any atom is -0.329 e. The number of benzene rings is 1. The molecule has 112 valence electrons. The van der Waals surface area contributed by atoms with Crippen LogP contribution in [-0.2, 0) is 10.0 Å².